The fourth-order valence-electron chi connectivity index (χ4n) is 1.92. The SMILES string of the molecule is COc1cc(C)ccc1Oc1cc(C)cc(OC)c1O. The van der Waals surface area contributed by atoms with E-state index >= 15 is 0 Å². The van der Waals surface area contributed by atoms with Crippen LogP contribution in [0.2, 0.25) is 0 Å². The minimum atomic E-state index is -0.0271. The van der Waals surface area contributed by atoms with Gasteiger partial charge in [0.05, 0.1) is 14.2 Å². The molecular formula is C16H18O4. The summed E-state index contributed by atoms with van der Waals surface area (Å²) in [6.45, 7) is 3.88. The van der Waals surface area contributed by atoms with E-state index in [1.807, 2.05) is 32.0 Å². The summed E-state index contributed by atoms with van der Waals surface area (Å²) in [7, 11) is 3.09. The van der Waals surface area contributed by atoms with Gasteiger partial charge in [-0.2, -0.15) is 0 Å². The summed E-state index contributed by atoms with van der Waals surface area (Å²) in [5.74, 6) is 1.85. The predicted molar refractivity (Wildman–Crippen MR) is 77.2 cm³/mol. The van der Waals surface area contributed by atoms with Crippen LogP contribution < -0.4 is 14.2 Å². The molecule has 0 spiro atoms. The first-order chi connectivity index (χ1) is 9.55. The van der Waals surface area contributed by atoms with E-state index in [9.17, 15) is 5.11 Å². The quantitative estimate of drug-likeness (QED) is 0.920. The molecule has 0 saturated carbocycles. The summed E-state index contributed by atoms with van der Waals surface area (Å²) in [5, 5.41) is 10.1. The van der Waals surface area contributed by atoms with Crippen molar-refractivity contribution in [1.82, 2.24) is 0 Å². The smallest absolute Gasteiger partial charge is 0.201 e. The first kappa shape index (κ1) is 14.1. The maximum Gasteiger partial charge on any atom is 0.201 e. The molecule has 0 heterocycles. The van der Waals surface area contributed by atoms with Gasteiger partial charge in [-0.1, -0.05) is 6.07 Å². The predicted octanol–water partition coefficient (Wildman–Crippen LogP) is 3.82. The topological polar surface area (TPSA) is 47.9 Å². The minimum Gasteiger partial charge on any atom is -0.502 e. The molecule has 0 unspecified atom stereocenters. The summed E-state index contributed by atoms with van der Waals surface area (Å²) < 4.78 is 16.2. The average Bonchev–Trinajstić information content (AvgIpc) is 2.44. The monoisotopic (exact) mass is 274 g/mol. The van der Waals surface area contributed by atoms with Crippen molar-refractivity contribution in [1.29, 1.82) is 0 Å². The zero-order chi connectivity index (χ0) is 14.7. The molecule has 1 N–H and O–H groups in total. The highest BCUT2D eigenvalue weighted by Gasteiger charge is 2.13. The van der Waals surface area contributed by atoms with Crippen LogP contribution in [0.25, 0.3) is 0 Å². The number of phenols is 1. The summed E-state index contributed by atoms with van der Waals surface area (Å²) in [5.41, 5.74) is 2.00. The van der Waals surface area contributed by atoms with Crippen molar-refractivity contribution in [3.63, 3.8) is 0 Å². The third-order valence-electron chi connectivity index (χ3n) is 2.94. The number of ether oxygens (including phenoxy) is 3. The zero-order valence-corrected chi connectivity index (χ0v) is 12.1. The van der Waals surface area contributed by atoms with Gasteiger partial charge in [-0.15, -0.1) is 0 Å². The number of aromatic hydroxyl groups is 1. The van der Waals surface area contributed by atoms with Crippen molar-refractivity contribution in [2.24, 2.45) is 0 Å². The molecule has 0 aliphatic heterocycles. The van der Waals surface area contributed by atoms with E-state index in [1.54, 1.807) is 19.2 Å². The Kier molecular flexibility index (Phi) is 4.03. The van der Waals surface area contributed by atoms with Gasteiger partial charge in [-0.05, 0) is 49.2 Å². The van der Waals surface area contributed by atoms with Gasteiger partial charge in [0.2, 0.25) is 5.75 Å². The largest absolute Gasteiger partial charge is 0.502 e. The Balaban J connectivity index is 2.42. The standard InChI is InChI=1S/C16H18O4/c1-10-5-6-12(13(7-10)18-3)20-15-9-11(2)8-14(19-4)16(15)17/h5-9,17H,1-4H3. The molecule has 4 nitrogen and oxygen atoms in total. The van der Waals surface area contributed by atoms with Crippen molar-refractivity contribution in [3.05, 3.63) is 41.5 Å². The average molecular weight is 274 g/mol. The second kappa shape index (κ2) is 5.74. The van der Waals surface area contributed by atoms with Crippen molar-refractivity contribution < 1.29 is 19.3 Å². The van der Waals surface area contributed by atoms with Gasteiger partial charge in [-0.25, -0.2) is 0 Å². The first-order valence-electron chi connectivity index (χ1n) is 6.25. The molecule has 4 heteroatoms. The van der Waals surface area contributed by atoms with E-state index in [0.29, 0.717) is 23.0 Å². The first-order valence-corrected chi connectivity index (χ1v) is 6.25. The van der Waals surface area contributed by atoms with Crippen molar-refractivity contribution in [3.8, 4) is 28.7 Å². The molecule has 0 bridgehead atoms. The summed E-state index contributed by atoms with van der Waals surface area (Å²) in [6, 6.07) is 9.09. The second-order valence-electron chi connectivity index (χ2n) is 4.57. The van der Waals surface area contributed by atoms with Gasteiger partial charge >= 0.3 is 0 Å². The molecule has 0 saturated heterocycles. The van der Waals surface area contributed by atoms with Gasteiger partial charge in [0.15, 0.2) is 23.0 Å². The highest BCUT2D eigenvalue weighted by atomic mass is 16.5. The van der Waals surface area contributed by atoms with Gasteiger partial charge < -0.3 is 19.3 Å². The lowest BCUT2D eigenvalue weighted by atomic mass is 10.2. The fraction of sp³-hybridized carbons (Fsp3) is 0.250. The van der Waals surface area contributed by atoms with Gasteiger partial charge in [0, 0.05) is 0 Å². The van der Waals surface area contributed by atoms with E-state index in [1.165, 1.54) is 7.11 Å². The molecule has 20 heavy (non-hydrogen) atoms. The minimum absolute atomic E-state index is 0.0271. The van der Waals surface area contributed by atoms with Crippen LogP contribution in [0.5, 0.6) is 28.7 Å². The van der Waals surface area contributed by atoms with Crippen LogP contribution in [0.15, 0.2) is 30.3 Å². The van der Waals surface area contributed by atoms with Gasteiger partial charge in [-0.3, -0.25) is 0 Å². The molecule has 2 rings (SSSR count). The Morgan fingerprint density at radius 3 is 2.00 bits per heavy atom. The van der Waals surface area contributed by atoms with Gasteiger partial charge in [0.1, 0.15) is 0 Å². The molecule has 0 fully saturated rings. The maximum atomic E-state index is 10.1. The molecule has 0 aliphatic carbocycles. The Morgan fingerprint density at radius 2 is 1.35 bits per heavy atom. The lowest BCUT2D eigenvalue weighted by molar-refractivity contribution is 0.344. The second-order valence-corrected chi connectivity index (χ2v) is 4.57. The number of benzene rings is 2. The number of methoxy groups -OCH3 is 2. The molecule has 0 aliphatic rings. The molecule has 2 aromatic carbocycles. The third-order valence-corrected chi connectivity index (χ3v) is 2.94. The van der Waals surface area contributed by atoms with Crippen molar-refractivity contribution >= 4 is 0 Å². The van der Waals surface area contributed by atoms with Crippen molar-refractivity contribution in [2.45, 2.75) is 13.8 Å². The van der Waals surface area contributed by atoms with E-state index in [4.69, 9.17) is 14.2 Å². The number of hydrogen-bond acceptors (Lipinski definition) is 4. The van der Waals surface area contributed by atoms with Crippen LogP contribution in [0.1, 0.15) is 11.1 Å². The molecule has 0 radical (unpaired) electrons. The number of phenolic OH excluding ortho intramolecular Hbond substituents is 1. The van der Waals surface area contributed by atoms with Crippen LogP contribution >= 0.6 is 0 Å². The summed E-state index contributed by atoms with van der Waals surface area (Å²) >= 11 is 0. The Bertz CT molecular complexity index is 620. The molecule has 0 aromatic heterocycles. The molecule has 0 amide bonds. The summed E-state index contributed by atoms with van der Waals surface area (Å²) in [4.78, 5) is 0. The van der Waals surface area contributed by atoms with E-state index in [0.717, 1.165) is 11.1 Å². The Morgan fingerprint density at radius 1 is 0.750 bits per heavy atom. The highest BCUT2D eigenvalue weighted by molar-refractivity contribution is 5.55. The number of hydrogen-bond donors (Lipinski definition) is 1. The lowest BCUT2D eigenvalue weighted by Crippen LogP contribution is -1.93. The highest BCUT2D eigenvalue weighted by Crippen LogP contribution is 2.41. The molecular weight excluding hydrogens is 256 g/mol. The Labute approximate surface area is 118 Å². The van der Waals surface area contributed by atoms with E-state index < -0.39 is 0 Å². The van der Waals surface area contributed by atoms with E-state index in [2.05, 4.69) is 0 Å². The van der Waals surface area contributed by atoms with E-state index in [-0.39, 0.29) is 5.75 Å². The lowest BCUT2D eigenvalue weighted by Gasteiger charge is -2.14. The normalized spacial score (nSPS) is 10.2. The number of rotatable bonds is 4. The Hall–Kier alpha value is -2.36. The fourth-order valence-corrected chi connectivity index (χ4v) is 1.92. The van der Waals surface area contributed by atoms with Gasteiger partial charge in [0.25, 0.3) is 0 Å². The van der Waals surface area contributed by atoms with Crippen LogP contribution in [0.3, 0.4) is 0 Å². The molecule has 0 atom stereocenters. The van der Waals surface area contributed by atoms with Crippen LogP contribution in [-0.2, 0) is 0 Å². The van der Waals surface area contributed by atoms with Crippen LogP contribution in [-0.4, -0.2) is 19.3 Å². The molecule has 2 aromatic rings. The zero-order valence-electron chi connectivity index (χ0n) is 12.1. The summed E-state index contributed by atoms with van der Waals surface area (Å²) in [6.07, 6.45) is 0. The van der Waals surface area contributed by atoms with Crippen LogP contribution in [0, 0.1) is 13.8 Å². The number of aryl methyl sites for hydroxylation is 2. The maximum absolute atomic E-state index is 10.1. The molecule has 106 valence electrons. The van der Waals surface area contributed by atoms with Crippen LogP contribution in [0.4, 0.5) is 0 Å². The third kappa shape index (κ3) is 2.79. The van der Waals surface area contributed by atoms with Crippen molar-refractivity contribution in [2.75, 3.05) is 14.2 Å².